The van der Waals surface area contributed by atoms with Gasteiger partial charge in [-0.2, -0.15) is 15.3 Å². The van der Waals surface area contributed by atoms with Crippen LogP contribution in [0.15, 0.2) is 226 Å². The van der Waals surface area contributed by atoms with Gasteiger partial charge in [-0.1, -0.05) is 18.2 Å². The molecule has 22 heteroatoms. The molecule has 5 aliphatic carbocycles. The monoisotopic (exact) mass is 1730 g/mol. The topological polar surface area (TPSA) is 291 Å². The first-order valence-electron chi connectivity index (χ1n) is 47.1. The Kier molecular flexibility index (Phi) is 18.7. The predicted octanol–water partition coefficient (Wildman–Crippen LogP) is 24.8. The summed E-state index contributed by atoms with van der Waals surface area (Å²) < 4.78 is 4.16. The second-order valence-electron chi connectivity index (χ2n) is 36.9. The molecule has 25 aromatic rings. The summed E-state index contributed by atoms with van der Waals surface area (Å²) in [5.74, 6) is 0. The minimum absolute atomic E-state index is 1.02. The number of aryl methyl sites for hydroxylation is 8. The van der Waals surface area contributed by atoms with Gasteiger partial charge in [-0.25, -0.2) is 24.9 Å². The molecule has 5 aliphatic rings. The number of hydrogen-bond acceptors (Lipinski definition) is 12. The van der Waals surface area contributed by atoms with Crippen molar-refractivity contribution in [3.63, 3.8) is 0 Å². The zero-order chi connectivity index (χ0) is 88.0. The van der Waals surface area contributed by atoms with Crippen molar-refractivity contribution in [2.75, 3.05) is 0 Å². The minimum Gasteiger partial charge on any atom is -0.360 e. The lowest BCUT2D eigenvalue weighted by molar-refractivity contribution is 0.689. The first kappa shape index (κ1) is 78.2. The Labute approximate surface area is 762 Å². The largest absolute Gasteiger partial charge is 0.360 e. The van der Waals surface area contributed by atoms with E-state index in [0.29, 0.717) is 0 Å². The molecule has 17 heterocycles. The van der Waals surface area contributed by atoms with Crippen LogP contribution in [0, 0.1) is 6.92 Å². The number of aromatic amines is 8. The predicted molar refractivity (Wildman–Crippen MR) is 536 cm³/mol. The maximum Gasteiger partial charge on any atom is 0.0955 e. The molecule has 0 saturated carbocycles. The Morgan fingerprint density at radius 3 is 1.26 bits per heavy atom. The van der Waals surface area contributed by atoms with Crippen LogP contribution in [0.1, 0.15) is 126 Å². The van der Waals surface area contributed by atoms with Crippen LogP contribution >= 0.6 is 0 Å². The molecule has 133 heavy (non-hydrogen) atoms. The maximum atomic E-state index is 5.16. The van der Waals surface area contributed by atoms with Gasteiger partial charge in [0.2, 0.25) is 0 Å². The molecule has 0 radical (unpaired) electrons. The van der Waals surface area contributed by atoms with E-state index >= 15 is 0 Å². The average Bonchev–Trinajstić information content (AvgIpc) is 1.03. The summed E-state index contributed by atoms with van der Waals surface area (Å²) in [5.41, 5.74) is 46.5. The highest BCUT2D eigenvalue weighted by Gasteiger charge is 2.29. The highest BCUT2D eigenvalue weighted by molar-refractivity contribution is 6.14. The molecule has 648 valence electrons. The molecule has 0 amide bonds. The van der Waals surface area contributed by atoms with Crippen LogP contribution < -0.4 is 0 Å². The third-order valence-corrected chi connectivity index (χ3v) is 29.2. The Balaban J connectivity index is 0.0000000869. The maximum absolute atomic E-state index is 5.16. The first-order valence-corrected chi connectivity index (χ1v) is 47.1. The van der Waals surface area contributed by atoms with E-state index in [1.54, 1.807) is 0 Å². The van der Waals surface area contributed by atoms with E-state index in [4.69, 9.17) is 15.0 Å². The van der Waals surface area contributed by atoms with Crippen molar-refractivity contribution in [2.45, 2.75) is 135 Å². The zero-order valence-corrected chi connectivity index (χ0v) is 74.3. The average molecular weight is 1740 g/mol. The fraction of sp³-hybridized carbons (Fsp3) is 0.207. The van der Waals surface area contributed by atoms with Gasteiger partial charge < -0.3 is 34.1 Å². The lowest BCUT2D eigenvalue weighted by Crippen LogP contribution is -2.08. The summed E-state index contributed by atoms with van der Waals surface area (Å²) in [7, 11) is 4.09. The van der Waals surface area contributed by atoms with E-state index in [9.17, 15) is 0 Å². The van der Waals surface area contributed by atoms with Gasteiger partial charge in [-0.3, -0.25) is 35.2 Å². The fourth-order valence-electron chi connectivity index (χ4n) is 23.0. The summed E-state index contributed by atoms with van der Waals surface area (Å²) in [5, 5.41) is 38.2. The summed E-state index contributed by atoms with van der Waals surface area (Å²) in [6.45, 7) is 2.13. The van der Waals surface area contributed by atoms with E-state index in [2.05, 4.69) is 254 Å². The quantitative estimate of drug-likeness (QED) is 0.0798. The lowest BCUT2D eigenvalue weighted by atomic mass is 9.85. The third-order valence-electron chi connectivity index (χ3n) is 29.2. The van der Waals surface area contributed by atoms with E-state index in [1.807, 2.05) is 87.6 Å². The lowest BCUT2D eigenvalue weighted by Gasteiger charge is -2.23. The van der Waals surface area contributed by atoms with Crippen LogP contribution in [0.4, 0.5) is 0 Å². The number of imidazole rings is 2. The molecule has 0 saturated heterocycles. The number of pyridine rings is 7. The van der Waals surface area contributed by atoms with Gasteiger partial charge in [0, 0.05) is 200 Å². The van der Waals surface area contributed by atoms with E-state index in [1.165, 1.54) is 240 Å². The van der Waals surface area contributed by atoms with Crippen molar-refractivity contribution < 1.29 is 0 Å². The Hall–Kier alpha value is -15.8. The zero-order valence-electron chi connectivity index (χ0n) is 74.3. The molecule has 30 rings (SSSR count). The van der Waals surface area contributed by atoms with Crippen molar-refractivity contribution in [3.8, 4) is 56.3 Å². The number of fused-ring (bicyclic) bond motifs is 30. The van der Waals surface area contributed by atoms with E-state index in [-0.39, 0.29) is 0 Å². The van der Waals surface area contributed by atoms with Gasteiger partial charge in [0.05, 0.1) is 120 Å². The highest BCUT2D eigenvalue weighted by Crippen LogP contribution is 2.47. The molecule has 8 aromatic carbocycles. The Morgan fingerprint density at radius 2 is 0.692 bits per heavy atom. The molecule has 17 aromatic heterocycles. The molecule has 0 fully saturated rings. The third kappa shape index (κ3) is 13.2. The van der Waals surface area contributed by atoms with Gasteiger partial charge in [0.25, 0.3) is 0 Å². The molecule has 0 bridgehead atoms. The summed E-state index contributed by atoms with van der Waals surface area (Å²) >= 11 is 0. The van der Waals surface area contributed by atoms with Crippen LogP contribution in [0.25, 0.3) is 220 Å². The van der Waals surface area contributed by atoms with Gasteiger partial charge in [-0.05, 0) is 318 Å². The number of H-pyrrole nitrogens is 8. The summed E-state index contributed by atoms with van der Waals surface area (Å²) in [6, 6.07) is 51.5. The van der Waals surface area contributed by atoms with Crippen LogP contribution in [0.5, 0.6) is 0 Å². The van der Waals surface area contributed by atoms with Crippen molar-refractivity contribution in [2.24, 2.45) is 14.1 Å². The van der Waals surface area contributed by atoms with E-state index < -0.39 is 0 Å². The Bertz CT molecular complexity index is 8600. The molecule has 0 atom stereocenters. The number of hydrogen-bond donors (Lipinski definition) is 8. The van der Waals surface area contributed by atoms with Gasteiger partial charge in [0.15, 0.2) is 0 Å². The van der Waals surface area contributed by atoms with Crippen molar-refractivity contribution in [1.29, 1.82) is 0 Å². The number of nitrogens with zero attached hydrogens (tertiary/aromatic N) is 14. The first-order chi connectivity index (χ1) is 65.7. The molecular formula is C111H94N22. The summed E-state index contributed by atoms with van der Waals surface area (Å²) in [4.78, 5) is 59.8. The molecule has 22 nitrogen and oxygen atoms in total. The molecule has 0 spiro atoms. The number of rotatable bonds is 5. The van der Waals surface area contributed by atoms with Gasteiger partial charge in [-0.15, -0.1) is 0 Å². The Morgan fingerprint density at radius 1 is 0.278 bits per heavy atom. The molecule has 8 N–H and O–H groups in total. The molecule has 0 aliphatic heterocycles. The summed E-state index contributed by atoms with van der Waals surface area (Å²) in [6.07, 6.45) is 48.7. The fourth-order valence-corrected chi connectivity index (χ4v) is 23.0. The molecule has 0 unspecified atom stereocenters. The number of aromatic nitrogens is 22. The standard InChI is InChI=1S/2C23H20N4.C22H19N5.C22H18N4.C21H17N5/c1-13-10-18-20(25-13)8-9-21-22(18)16-4-2-3-5-17(16)23(26-21)14-6-7-19-15(11-14)12-24-27-19;1-27-13-25-19-7-6-14(12-21(19)27)23-16-5-3-2-4-15(16)22-17-10-11-24-18(17)8-9-20(22)26-23;1-27-12-23-18-7-6-13(10-20(18)27)22-15-5-3-2-4-14(15)21-16-11-24-26-17(16)8-9-19(21)25-22;1-2-4-14-13(3-1)21-15-7-10-24-18(15)5-6-20(21)26-22(14)17-12-25-19-8-9-23-11-16(17)19;1-2-4-13-12(3-1)20-16-11-24-26-18(16)5-6-19(20)25-21(13)15-10-23-17-7-8-22-9-14(15)17/h6-12,25H,2-5H2,1H3,(H,24,27);6-13,26H,2-5H2,1H3;6-12H,2-5H2,1H3,(H,24,26);5-12,25-26H,1-4H2;5-11,23H,1-4H2,(H,24,26). The second-order valence-corrected chi connectivity index (χ2v) is 36.9. The normalized spacial score (nSPS) is 14.3. The highest BCUT2D eigenvalue weighted by atomic mass is 15.1. The number of benzene rings is 8. The number of nitrogens with one attached hydrogen (secondary N) is 8. The molecular weight excluding hydrogens is 1640 g/mol. The minimum atomic E-state index is 1.02. The van der Waals surface area contributed by atoms with Crippen molar-refractivity contribution in [3.05, 3.63) is 288 Å². The van der Waals surface area contributed by atoms with Gasteiger partial charge in [0.1, 0.15) is 0 Å². The van der Waals surface area contributed by atoms with Crippen molar-refractivity contribution >= 4 is 164 Å². The second kappa shape index (κ2) is 31.8. The van der Waals surface area contributed by atoms with Crippen LogP contribution in [-0.4, -0.2) is 110 Å². The van der Waals surface area contributed by atoms with Crippen LogP contribution in [0.3, 0.4) is 0 Å². The van der Waals surface area contributed by atoms with E-state index in [0.717, 1.165) is 169 Å². The van der Waals surface area contributed by atoms with Crippen LogP contribution in [-0.2, 0) is 78.3 Å². The smallest absolute Gasteiger partial charge is 0.0955 e. The SMILES string of the molecule is Cc1cc2c(ccc3nc(-c4ccc5[nH]ncc5c4)c4c(c32)CCCC4)[nH]1.Cn1cnc2ccc(-c3[nH]c4ccc5nccc5c4c4c3CCCC4)cc21.Cn1cnc2ccc(-c3nc4ccc5[nH]ncc5c4c4c3CCCC4)cc21.c1cc2[nH]cc(-c3[nH]c4ccc5nccc5c4c4c3CCCC4)c2cn1.c1cc2[nH]cc(-c3nc4ccc5[nH]ncc5c4c4c3CCCC4)c2cn1. The van der Waals surface area contributed by atoms with Gasteiger partial charge >= 0.3 is 0 Å². The van der Waals surface area contributed by atoms with Crippen molar-refractivity contribution in [1.82, 2.24) is 110 Å². The van der Waals surface area contributed by atoms with Crippen LogP contribution in [0.2, 0.25) is 0 Å².